The van der Waals surface area contributed by atoms with Crippen molar-refractivity contribution < 1.29 is 62.4 Å². The average Bonchev–Trinajstić information content (AvgIpc) is 3.69. The summed E-state index contributed by atoms with van der Waals surface area (Å²) in [4.78, 5) is 87.1. The van der Waals surface area contributed by atoms with Gasteiger partial charge < -0.3 is 50.1 Å². The van der Waals surface area contributed by atoms with Crippen LogP contribution >= 0.6 is 0 Å². The second-order valence-corrected chi connectivity index (χ2v) is 22.2. The molecule has 17 heteroatoms. The average molecular weight is 1080 g/mol. The zero-order chi connectivity index (χ0) is 56.3. The number of rotatable bonds is 41. The van der Waals surface area contributed by atoms with E-state index in [1.807, 2.05) is 69.3 Å². The molecular weight excluding hydrogens is 985 g/mol. The van der Waals surface area contributed by atoms with Crippen LogP contribution in [0.4, 0.5) is 4.79 Å². The molecule has 3 rings (SSSR count). The van der Waals surface area contributed by atoms with Crippen molar-refractivity contribution in [2.24, 2.45) is 0 Å². The van der Waals surface area contributed by atoms with Gasteiger partial charge in [-0.05, 0) is 102 Å². The molecule has 0 saturated carbocycles. The predicted octanol–water partition coefficient (Wildman–Crippen LogP) is 10.4. The third kappa shape index (κ3) is 30.3. The maximum Gasteiger partial charge on any atom is 0.407 e. The van der Waals surface area contributed by atoms with Crippen molar-refractivity contribution in [3.63, 3.8) is 0 Å². The molecule has 0 spiro atoms. The molecule has 0 unspecified atom stereocenters. The van der Waals surface area contributed by atoms with Gasteiger partial charge in [0.2, 0.25) is 17.7 Å². The summed E-state index contributed by atoms with van der Waals surface area (Å²) >= 11 is 0. The van der Waals surface area contributed by atoms with Crippen LogP contribution in [-0.2, 0) is 52.5 Å². The summed E-state index contributed by atoms with van der Waals surface area (Å²) in [5, 5.41) is 20.4. The number of carbonyl (C=O) groups is 7. The number of fused-ring (bicyclic) bond motifs is 3. The minimum atomic E-state index is -1.17. The molecule has 0 heterocycles. The summed E-state index contributed by atoms with van der Waals surface area (Å²) in [7, 11) is 0. The molecule has 17 nitrogen and oxygen atoms in total. The number of alkyl carbamates (subject to hydrolysis) is 1. The first-order chi connectivity index (χ1) is 36.8. The van der Waals surface area contributed by atoms with E-state index in [0.29, 0.717) is 32.2 Å². The predicted molar refractivity (Wildman–Crippen MR) is 297 cm³/mol. The van der Waals surface area contributed by atoms with E-state index in [9.17, 15) is 38.7 Å². The number of aliphatic carboxylic acids is 1. The van der Waals surface area contributed by atoms with Gasteiger partial charge in [0.1, 0.15) is 36.5 Å². The van der Waals surface area contributed by atoms with Crippen molar-refractivity contribution in [3.05, 3.63) is 59.7 Å². The highest BCUT2D eigenvalue weighted by molar-refractivity contribution is 5.86. The van der Waals surface area contributed by atoms with E-state index in [1.165, 1.54) is 64.2 Å². The molecule has 77 heavy (non-hydrogen) atoms. The van der Waals surface area contributed by atoms with Crippen LogP contribution in [0.5, 0.6) is 0 Å². The first kappa shape index (κ1) is 65.7. The van der Waals surface area contributed by atoms with Gasteiger partial charge in [0.05, 0.1) is 19.8 Å². The summed E-state index contributed by atoms with van der Waals surface area (Å²) in [5.41, 5.74) is 3.14. The molecule has 0 saturated heterocycles. The maximum absolute atomic E-state index is 13.0. The second-order valence-electron chi connectivity index (χ2n) is 22.2. The number of benzene rings is 2. The number of ether oxygens (including phenoxy) is 5. The second kappa shape index (κ2) is 37.3. The van der Waals surface area contributed by atoms with E-state index in [-0.39, 0.29) is 88.5 Å². The Morgan fingerprint density at radius 2 is 1.01 bits per heavy atom. The number of nitrogens with one attached hydrogen (secondary N) is 4. The van der Waals surface area contributed by atoms with Crippen molar-refractivity contribution in [3.8, 4) is 11.1 Å². The van der Waals surface area contributed by atoms with E-state index >= 15 is 0 Å². The van der Waals surface area contributed by atoms with Crippen molar-refractivity contribution in [2.75, 3.05) is 46.1 Å². The van der Waals surface area contributed by atoms with Gasteiger partial charge in [-0.25, -0.2) is 14.4 Å². The third-order valence-electron chi connectivity index (χ3n) is 13.0. The molecule has 432 valence electrons. The molecule has 0 radical (unpaired) electrons. The van der Waals surface area contributed by atoms with Crippen molar-refractivity contribution >= 4 is 41.7 Å². The number of amides is 4. The largest absolute Gasteiger partial charge is 0.480 e. The number of unbranched alkanes of at least 4 members (excludes halogenated alkanes) is 16. The van der Waals surface area contributed by atoms with E-state index < -0.39 is 41.3 Å². The van der Waals surface area contributed by atoms with Gasteiger partial charge >= 0.3 is 24.0 Å². The maximum atomic E-state index is 13.0. The van der Waals surface area contributed by atoms with Crippen LogP contribution in [0.1, 0.15) is 206 Å². The first-order valence-electron chi connectivity index (χ1n) is 28.6. The Hall–Kier alpha value is -5.55. The van der Waals surface area contributed by atoms with Crippen LogP contribution in [0.15, 0.2) is 48.5 Å². The van der Waals surface area contributed by atoms with Crippen molar-refractivity contribution in [1.82, 2.24) is 21.3 Å². The number of hydrogen-bond acceptors (Lipinski definition) is 12. The number of hydrogen-bond donors (Lipinski definition) is 5. The highest BCUT2D eigenvalue weighted by Gasteiger charge is 2.30. The van der Waals surface area contributed by atoms with Gasteiger partial charge in [-0.2, -0.15) is 0 Å². The monoisotopic (exact) mass is 1080 g/mol. The van der Waals surface area contributed by atoms with E-state index in [2.05, 4.69) is 21.3 Å². The lowest BCUT2D eigenvalue weighted by molar-refractivity contribution is -0.159. The molecular formula is C60H94N4O13. The fourth-order valence-electron chi connectivity index (χ4n) is 9.11. The van der Waals surface area contributed by atoms with Crippen molar-refractivity contribution in [2.45, 2.75) is 218 Å². The molecule has 2 aromatic carbocycles. The lowest BCUT2D eigenvalue weighted by Gasteiger charge is -2.24. The number of carboxylic acid groups (broad SMARTS) is 1. The number of carboxylic acids is 1. The molecule has 1 aliphatic carbocycles. The Morgan fingerprint density at radius 3 is 1.56 bits per heavy atom. The van der Waals surface area contributed by atoms with Gasteiger partial charge in [-0.3, -0.25) is 19.2 Å². The molecule has 1 aliphatic rings. The fourth-order valence-corrected chi connectivity index (χ4v) is 9.11. The molecule has 0 fully saturated rings. The summed E-state index contributed by atoms with van der Waals surface area (Å²) in [6.07, 6.45) is 19.5. The van der Waals surface area contributed by atoms with E-state index in [4.69, 9.17) is 23.7 Å². The highest BCUT2D eigenvalue weighted by atomic mass is 16.6. The highest BCUT2D eigenvalue weighted by Crippen LogP contribution is 2.44. The SMILES string of the molecule is CC(C)(C)OC(=O)CCCCCCCCCCCCCCCCCCC(=O)N[C@H](CCC(=O)NCCOCCOCC(=O)NCCCC[C@H](NC(=O)OCC1c2ccccc2-c2ccccc21)C(=O)O)C(=O)OC(C)(C)C. The van der Waals surface area contributed by atoms with Gasteiger partial charge in [-0.1, -0.05) is 138 Å². The summed E-state index contributed by atoms with van der Waals surface area (Å²) in [6.45, 7) is 11.9. The molecule has 2 aromatic rings. The summed E-state index contributed by atoms with van der Waals surface area (Å²) < 4.78 is 27.3. The minimum absolute atomic E-state index is 0.000644. The van der Waals surface area contributed by atoms with Crippen LogP contribution in [-0.4, -0.2) is 116 Å². The molecule has 5 N–H and O–H groups in total. The standard InChI is InChI=1S/C60H94N4O13/c1-59(2,3)76-55(68)35-22-20-18-16-14-12-10-8-7-9-11-13-15-17-19-21-34-53(66)63-51(57(71)77-60(4,5)6)36-37-52(65)62-39-40-73-41-42-74-44-54(67)61-38-28-27-33-50(56(69)70)64-58(72)75-43-49-47-31-25-23-29-45(47)46-30-24-26-32-48(46)49/h23-26,29-32,49-51H,7-22,27-28,33-44H2,1-6H3,(H,61,67)(H,62,65)(H,63,66)(H,64,72)(H,69,70)/t50-,51+/m0/s1. The van der Waals surface area contributed by atoms with Crippen LogP contribution in [0.2, 0.25) is 0 Å². The molecule has 2 atom stereocenters. The van der Waals surface area contributed by atoms with Crippen LogP contribution in [0.3, 0.4) is 0 Å². The lowest BCUT2D eigenvalue weighted by atomic mass is 9.98. The van der Waals surface area contributed by atoms with E-state index in [0.717, 1.165) is 60.8 Å². The van der Waals surface area contributed by atoms with Crippen LogP contribution in [0, 0.1) is 0 Å². The molecule has 0 bridgehead atoms. The Bertz CT molecular complexity index is 2040. The summed E-state index contributed by atoms with van der Waals surface area (Å²) in [5.74, 6) is -2.87. The third-order valence-corrected chi connectivity index (χ3v) is 13.0. The molecule has 0 aliphatic heterocycles. The smallest absolute Gasteiger partial charge is 0.407 e. The van der Waals surface area contributed by atoms with Crippen LogP contribution in [0.25, 0.3) is 11.1 Å². The summed E-state index contributed by atoms with van der Waals surface area (Å²) in [6, 6.07) is 13.8. The minimum Gasteiger partial charge on any atom is -0.480 e. The van der Waals surface area contributed by atoms with Gasteiger partial charge in [0.25, 0.3) is 0 Å². The Balaban J connectivity index is 1.14. The van der Waals surface area contributed by atoms with Crippen molar-refractivity contribution in [1.29, 1.82) is 0 Å². The zero-order valence-electron chi connectivity index (χ0n) is 47.4. The Kier molecular flexibility index (Phi) is 31.8. The molecule has 0 aromatic heterocycles. The number of carbonyl (C=O) groups excluding carboxylic acids is 6. The Labute approximate surface area is 459 Å². The quantitative estimate of drug-likeness (QED) is 0.0237. The molecule has 4 amide bonds. The topological polar surface area (TPSA) is 234 Å². The number of esters is 2. The fraction of sp³-hybridized carbons (Fsp3) is 0.683. The van der Waals surface area contributed by atoms with Crippen LogP contribution < -0.4 is 21.3 Å². The first-order valence-corrected chi connectivity index (χ1v) is 28.6. The van der Waals surface area contributed by atoms with E-state index in [1.54, 1.807) is 20.8 Å². The lowest BCUT2D eigenvalue weighted by Crippen LogP contribution is -2.44. The Morgan fingerprint density at radius 1 is 0.506 bits per heavy atom. The normalized spacial score (nSPS) is 12.9. The van der Waals surface area contributed by atoms with Gasteiger partial charge in [0.15, 0.2) is 0 Å². The van der Waals surface area contributed by atoms with Gasteiger partial charge in [-0.15, -0.1) is 0 Å². The van der Waals surface area contributed by atoms with Gasteiger partial charge in [0, 0.05) is 38.3 Å². The zero-order valence-corrected chi connectivity index (χ0v) is 47.4.